The molecule has 17 heavy (non-hydrogen) atoms. The van der Waals surface area contributed by atoms with Gasteiger partial charge in [0.15, 0.2) is 0 Å². The number of rotatable bonds is 0. The molecule has 0 spiro atoms. The first-order valence-corrected chi connectivity index (χ1v) is 6.05. The van der Waals surface area contributed by atoms with Crippen LogP contribution in [0.2, 0.25) is 0 Å². The van der Waals surface area contributed by atoms with Gasteiger partial charge in [-0.1, -0.05) is 30.3 Å². The van der Waals surface area contributed by atoms with E-state index in [0.29, 0.717) is 5.92 Å². The van der Waals surface area contributed by atoms with Gasteiger partial charge in [0, 0.05) is 6.20 Å². The van der Waals surface area contributed by atoms with Gasteiger partial charge in [0.25, 0.3) is 0 Å². The van der Waals surface area contributed by atoms with E-state index in [2.05, 4.69) is 23.2 Å². The van der Waals surface area contributed by atoms with Gasteiger partial charge in [0.05, 0.1) is 5.69 Å². The lowest BCUT2D eigenvalue weighted by molar-refractivity contribution is 0.0652. The lowest BCUT2D eigenvalue weighted by atomic mass is 9.81. The summed E-state index contributed by atoms with van der Waals surface area (Å²) in [6.45, 7) is 0. The highest BCUT2D eigenvalue weighted by Gasteiger charge is 2.48. The molecule has 1 heterocycles. The highest BCUT2D eigenvalue weighted by atomic mass is 16.3. The molecule has 0 saturated carbocycles. The number of aromatic nitrogens is 1. The molecular weight excluding hydrogens is 210 g/mol. The van der Waals surface area contributed by atoms with Crippen LogP contribution in [0.25, 0.3) is 0 Å². The van der Waals surface area contributed by atoms with Gasteiger partial charge in [0.1, 0.15) is 5.60 Å². The van der Waals surface area contributed by atoms with Crippen LogP contribution in [0.15, 0.2) is 42.6 Å². The van der Waals surface area contributed by atoms with Crippen molar-refractivity contribution in [1.29, 1.82) is 0 Å². The third-order valence-corrected chi connectivity index (χ3v) is 4.14. The summed E-state index contributed by atoms with van der Waals surface area (Å²) in [7, 11) is 0. The average molecular weight is 223 g/mol. The largest absolute Gasteiger partial charge is 0.379 e. The highest BCUT2D eigenvalue weighted by Crippen LogP contribution is 2.53. The summed E-state index contributed by atoms with van der Waals surface area (Å²) in [5.74, 6) is 0.452. The molecule has 1 N–H and O–H groups in total. The lowest BCUT2D eigenvalue weighted by Crippen LogP contribution is -2.30. The van der Waals surface area contributed by atoms with Crippen LogP contribution in [0.5, 0.6) is 0 Å². The first kappa shape index (κ1) is 9.37. The molecule has 1 aromatic heterocycles. The molecule has 2 heteroatoms. The molecule has 2 nitrogen and oxygen atoms in total. The maximum Gasteiger partial charge on any atom is 0.133 e. The van der Waals surface area contributed by atoms with E-state index in [0.717, 1.165) is 24.1 Å². The molecule has 0 radical (unpaired) electrons. The Labute approximate surface area is 100.0 Å². The van der Waals surface area contributed by atoms with Gasteiger partial charge in [-0.15, -0.1) is 0 Å². The van der Waals surface area contributed by atoms with Gasteiger partial charge < -0.3 is 5.11 Å². The normalized spacial score (nSPS) is 28.6. The minimum absolute atomic E-state index is 0.452. The second kappa shape index (κ2) is 2.96. The average Bonchev–Trinajstić information content (AvgIpc) is 2.61. The Balaban J connectivity index is 2.05. The SMILES string of the molecule is O[C@@]12C[C@H](Cc3cccnc31)c1ccccc12. The van der Waals surface area contributed by atoms with E-state index in [1.165, 1.54) is 11.1 Å². The van der Waals surface area contributed by atoms with Crippen molar-refractivity contribution in [2.24, 2.45) is 0 Å². The summed E-state index contributed by atoms with van der Waals surface area (Å²) in [5.41, 5.74) is 3.56. The third-order valence-electron chi connectivity index (χ3n) is 4.14. The monoisotopic (exact) mass is 223 g/mol. The second-order valence-corrected chi connectivity index (χ2v) is 5.06. The lowest BCUT2D eigenvalue weighted by Gasteiger charge is -2.30. The van der Waals surface area contributed by atoms with Crippen LogP contribution in [-0.2, 0) is 12.0 Å². The first-order valence-electron chi connectivity index (χ1n) is 6.05. The zero-order chi connectivity index (χ0) is 11.5. The van der Waals surface area contributed by atoms with E-state index >= 15 is 0 Å². The number of nitrogens with zero attached hydrogens (tertiary/aromatic N) is 1. The van der Waals surface area contributed by atoms with E-state index in [1.54, 1.807) is 6.20 Å². The van der Waals surface area contributed by atoms with Crippen molar-refractivity contribution in [1.82, 2.24) is 4.98 Å². The Bertz CT molecular complexity index is 594. The number of benzene rings is 1. The van der Waals surface area contributed by atoms with Crippen LogP contribution in [-0.4, -0.2) is 10.1 Å². The Morgan fingerprint density at radius 2 is 2.06 bits per heavy atom. The topological polar surface area (TPSA) is 33.1 Å². The van der Waals surface area contributed by atoms with E-state index < -0.39 is 5.60 Å². The standard InChI is InChI=1S/C15H13NO/c17-15-9-11(12-5-1-2-6-13(12)15)8-10-4-3-7-16-14(10)15/h1-7,11,17H,8-9H2/t11-,15+/m0/s1. The number of aliphatic hydroxyl groups is 1. The van der Waals surface area contributed by atoms with Crippen LogP contribution < -0.4 is 0 Å². The molecule has 84 valence electrons. The van der Waals surface area contributed by atoms with Crippen molar-refractivity contribution in [2.75, 3.05) is 0 Å². The van der Waals surface area contributed by atoms with Crippen molar-refractivity contribution in [3.05, 3.63) is 65.0 Å². The summed E-state index contributed by atoms with van der Waals surface area (Å²) < 4.78 is 0. The third kappa shape index (κ3) is 1.06. The molecule has 1 aromatic carbocycles. The van der Waals surface area contributed by atoms with Gasteiger partial charge >= 0.3 is 0 Å². The van der Waals surface area contributed by atoms with Crippen LogP contribution >= 0.6 is 0 Å². The maximum absolute atomic E-state index is 11.0. The van der Waals surface area contributed by atoms with Crippen molar-refractivity contribution < 1.29 is 5.11 Å². The Hall–Kier alpha value is -1.67. The fourth-order valence-electron chi connectivity index (χ4n) is 3.45. The fourth-order valence-corrected chi connectivity index (χ4v) is 3.45. The molecule has 2 aromatic rings. The minimum atomic E-state index is -0.851. The van der Waals surface area contributed by atoms with Crippen molar-refractivity contribution in [3.63, 3.8) is 0 Å². The van der Waals surface area contributed by atoms with E-state index in [4.69, 9.17) is 0 Å². The quantitative estimate of drug-likeness (QED) is 0.743. The number of hydrogen-bond donors (Lipinski definition) is 1. The summed E-state index contributed by atoms with van der Waals surface area (Å²) in [4.78, 5) is 4.42. The molecule has 2 aliphatic carbocycles. The highest BCUT2D eigenvalue weighted by molar-refractivity contribution is 5.51. The van der Waals surface area contributed by atoms with E-state index in [9.17, 15) is 5.11 Å². The summed E-state index contributed by atoms with van der Waals surface area (Å²) in [6, 6.07) is 12.3. The molecule has 0 saturated heterocycles. The van der Waals surface area contributed by atoms with Crippen molar-refractivity contribution >= 4 is 0 Å². The van der Waals surface area contributed by atoms with Gasteiger partial charge in [-0.05, 0) is 41.5 Å². The van der Waals surface area contributed by atoms with Crippen molar-refractivity contribution in [3.8, 4) is 0 Å². The summed E-state index contributed by atoms with van der Waals surface area (Å²) in [5, 5.41) is 11.0. The Morgan fingerprint density at radius 3 is 3.00 bits per heavy atom. The molecule has 2 aliphatic rings. The Morgan fingerprint density at radius 1 is 1.18 bits per heavy atom. The van der Waals surface area contributed by atoms with E-state index in [-0.39, 0.29) is 0 Å². The fraction of sp³-hybridized carbons (Fsp3) is 0.267. The molecule has 4 rings (SSSR count). The number of hydrogen-bond acceptors (Lipinski definition) is 2. The molecular formula is C15H13NO. The smallest absolute Gasteiger partial charge is 0.133 e. The molecule has 0 aliphatic heterocycles. The minimum Gasteiger partial charge on any atom is -0.379 e. The van der Waals surface area contributed by atoms with Gasteiger partial charge in [-0.3, -0.25) is 4.98 Å². The van der Waals surface area contributed by atoms with Crippen molar-refractivity contribution in [2.45, 2.75) is 24.4 Å². The maximum atomic E-state index is 11.0. The van der Waals surface area contributed by atoms with Crippen LogP contribution in [0.3, 0.4) is 0 Å². The van der Waals surface area contributed by atoms with Gasteiger partial charge in [-0.25, -0.2) is 0 Å². The molecule has 0 amide bonds. The number of pyridine rings is 1. The predicted molar refractivity (Wildman–Crippen MR) is 64.7 cm³/mol. The Kier molecular flexibility index (Phi) is 1.63. The molecule has 0 unspecified atom stereocenters. The zero-order valence-electron chi connectivity index (χ0n) is 9.43. The van der Waals surface area contributed by atoms with E-state index in [1.807, 2.05) is 18.2 Å². The van der Waals surface area contributed by atoms with Crippen LogP contribution in [0.4, 0.5) is 0 Å². The number of fused-ring (bicyclic) bond motifs is 7. The van der Waals surface area contributed by atoms with Crippen LogP contribution in [0.1, 0.15) is 34.7 Å². The molecule has 2 atom stereocenters. The molecule has 2 bridgehead atoms. The van der Waals surface area contributed by atoms with Gasteiger partial charge in [-0.2, -0.15) is 0 Å². The summed E-state index contributed by atoms with van der Waals surface area (Å²) in [6.07, 6.45) is 3.57. The summed E-state index contributed by atoms with van der Waals surface area (Å²) >= 11 is 0. The predicted octanol–water partition coefficient (Wildman–Crippen LogP) is 2.36. The van der Waals surface area contributed by atoms with Crippen LogP contribution in [0, 0.1) is 0 Å². The molecule has 0 fully saturated rings. The first-order chi connectivity index (χ1) is 8.29. The second-order valence-electron chi connectivity index (χ2n) is 5.06. The van der Waals surface area contributed by atoms with Gasteiger partial charge in [0.2, 0.25) is 0 Å². The zero-order valence-corrected chi connectivity index (χ0v) is 9.43.